The molecule has 1 aliphatic heterocycles. The van der Waals surface area contributed by atoms with Crippen molar-refractivity contribution >= 4 is 11.8 Å². The van der Waals surface area contributed by atoms with Crippen molar-refractivity contribution in [2.75, 3.05) is 19.7 Å². The third-order valence-electron chi connectivity index (χ3n) is 3.72. The van der Waals surface area contributed by atoms with Crippen molar-refractivity contribution in [3.05, 3.63) is 30.3 Å². The quantitative estimate of drug-likeness (QED) is 0.808. The average Bonchev–Trinajstić information content (AvgIpc) is 2.52. The molecule has 21 heavy (non-hydrogen) atoms. The number of hydrogen-bond donors (Lipinski definition) is 1. The van der Waals surface area contributed by atoms with Gasteiger partial charge in [0.1, 0.15) is 5.75 Å². The SMILES string of the molecule is NC(=O)C1CCCN(C(=O)CCCOc2ccccc2)C1. The number of piperidine rings is 1. The topological polar surface area (TPSA) is 72.6 Å². The number of amides is 2. The van der Waals surface area contributed by atoms with Crippen molar-refractivity contribution in [3.63, 3.8) is 0 Å². The van der Waals surface area contributed by atoms with Gasteiger partial charge in [0.25, 0.3) is 0 Å². The van der Waals surface area contributed by atoms with Crippen LogP contribution in [0.25, 0.3) is 0 Å². The molecule has 0 aromatic heterocycles. The van der Waals surface area contributed by atoms with Crippen LogP contribution in [-0.2, 0) is 9.59 Å². The zero-order valence-electron chi connectivity index (χ0n) is 12.2. The smallest absolute Gasteiger partial charge is 0.222 e. The number of likely N-dealkylation sites (tertiary alicyclic amines) is 1. The number of ether oxygens (including phenoxy) is 1. The van der Waals surface area contributed by atoms with Crippen molar-refractivity contribution < 1.29 is 14.3 Å². The van der Waals surface area contributed by atoms with Gasteiger partial charge in [0.15, 0.2) is 0 Å². The fraction of sp³-hybridized carbons (Fsp3) is 0.500. The molecule has 1 fully saturated rings. The number of para-hydroxylation sites is 1. The fourth-order valence-electron chi connectivity index (χ4n) is 2.52. The molecule has 1 saturated heterocycles. The van der Waals surface area contributed by atoms with Crippen LogP contribution in [0.4, 0.5) is 0 Å². The molecule has 0 aliphatic carbocycles. The molecule has 1 aliphatic rings. The molecule has 0 spiro atoms. The molecule has 0 radical (unpaired) electrons. The van der Waals surface area contributed by atoms with Crippen LogP contribution in [0.3, 0.4) is 0 Å². The van der Waals surface area contributed by atoms with Crippen molar-refractivity contribution in [3.8, 4) is 5.75 Å². The van der Waals surface area contributed by atoms with E-state index in [4.69, 9.17) is 10.5 Å². The Labute approximate surface area is 125 Å². The summed E-state index contributed by atoms with van der Waals surface area (Å²) >= 11 is 0. The summed E-state index contributed by atoms with van der Waals surface area (Å²) in [4.78, 5) is 25.1. The Hall–Kier alpha value is -2.04. The van der Waals surface area contributed by atoms with Crippen LogP contribution >= 0.6 is 0 Å². The standard InChI is InChI=1S/C16H22N2O3/c17-16(20)13-6-4-10-18(12-13)15(19)9-5-11-21-14-7-2-1-3-8-14/h1-3,7-8,13H,4-6,9-12H2,(H2,17,20). The Morgan fingerprint density at radius 1 is 1.29 bits per heavy atom. The Bertz CT molecular complexity index is 476. The number of benzene rings is 1. The molecule has 2 amide bonds. The van der Waals surface area contributed by atoms with Crippen LogP contribution in [0.5, 0.6) is 5.75 Å². The predicted molar refractivity (Wildman–Crippen MR) is 79.7 cm³/mol. The zero-order valence-corrected chi connectivity index (χ0v) is 12.2. The van der Waals surface area contributed by atoms with Gasteiger partial charge in [-0.25, -0.2) is 0 Å². The van der Waals surface area contributed by atoms with Gasteiger partial charge >= 0.3 is 0 Å². The highest BCUT2D eigenvalue weighted by atomic mass is 16.5. The molecular formula is C16H22N2O3. The lowest BCUT2D eigenvalue weighted by molar-refractivity contribution is -0.135. The summed E-state index contributed by atoms with van der Waals surface area (Å²) in [5.41, 5.74) is 5.32. The summed E-state index contributed by atoms with van der Waals surface area (Å²) in [6.07, 6.45) is 2.75. The zero-order chi connectivity index (χ0) is 15.1. The first-order valence-electron chi connectivity index (χ1n) is 7.42. The van der Waals surface area contributed by atoms with Gasteiger partial charge in [-0.3, -0.25) is 9.59 Å². The molecule has 1 unspecified atom stereocenters. The number of nitrogens with two attached hydrogens (primary N) is 1. The first kappa shape index (κ1) is 15.4. The molecule has 2 N–H and O–H groups in total. The Kier molecular flexibility index (Phi) is 5.60. The van der Waals surface area contributed by atoms with Gasteiger partial charge in [-0.2, -0.15) is 0 Å². The second kappa shape index (κ2) is 7.67. The van der Waals surface area contributed by atoms with E-state index in [0.717, 1.165) is 25.1 Å². The molecule has 0 bridgehead atoms. The third kappa shape index (κ3) is 4.77. The Morgan fingerprint density at radius 3 is 2.76 bits per heavy atom. The third-order valence-corrected chi connectivity index (χ3v) is 3.72. The second-order valence-corrected chi connectivity index (χ2v) is 5.35. The highest BCUT2D eigenvalue weighted by Crippen LogP contribution is 2.17. The summed E-state index contributed by atoms with van der Waals surface area (Å²) in [5, 5.41) is 0. The number of rotatable bonds is 6. The van der Waals surface area contributed by atoms with Crippen LogP contribution in [0, 0.1) is 5.92 Å². The largest absolute Gasteiger partial charge is 0.494 e. The van der Waals surface area contributed by atoms with Crippen molar-refractivity contribution in [2.24, 2.45) is 11.7 Å². The van der Waals surface area contributed by atoms with Crippen LogP contribution in [0.2, 0.25) is 0 Å². The summed E-state index contributed by atoms with van der Waals surface area (Å²) in [6, 6.07) is 9.55. The van der Waals surface area contributed by atoms with Gasteiger partial charge in [-0.15, -0.1) is 0 Å². The summed E-state index contributed by atoms with van der Waals surface area (Å²) in [5.74, 6) is 0.400. The number of primary amides is 1. The van der Waals surface area contributed by atoms with E-state index >= 15 is 0 Å². The van der Waals surface area contributed by atoms with E-state index in [2.05, 4.69) is 0 Å². The molecule has 2 rings (SSSR count). The number of nitrogens with zero attached hydrogens (tertiary/aromatic N) is 1. The Balaban J connectivity index is 1.68. The molecule has 5 nitrogen and oxygen atoms in total. The molecule has 5 heteroatoms. The van der Waals surface area contributed by atoms with E-state index in [1.54, 1.807) is 4.90 Å². The minimum Gasteiger partial charge on any atom is -0.494 e. The predicted octanol–water partition coefficient (Wildman–Crippen LogP) is 1.57. The second-order valence-electron chi connectivity index (χ2n) is 5.35. The fourth-order valence-corrected chi connectivity index (χ4v) is 2.52. The lowest BCUT2D eigenvalue weighted by Crippen LogP contribution is -2.44. The highest BCUT2D eigenvalue weighted by Gasteiger charge is 2.26. The van der Waals surface area contributed by atoms with Crippen LogP contribution in [0.15, 0.2) is 30.3 Å². The maximum absolute atomic E-state index is 12.1. The number of hydrogen-bond acceptors (Lipinski definition) is 3. The van der Waals surface area contributed by atoms with Crippen LogP contribution < -0.4 is 10.5 Å². The number of carbonyl (C=O) groups is 2. The minimum absolute atomic E-state index is 0.0811. The molecule has 1 atom stereocenters. The first-order valence-corrected chi connectivity index (χ1v) is 7.42. The normalized spacial score (nSPS) is 18.3. The van der Waals surface area contributed by atoms with Crippen molar-refractivity contribution in [1.29, 1.82) is 0 Å². The summed E-state index contributed by atoms with van der Waals surface area (Å²) in [6.45, 7) is 1.71. The van der Waals surface area contributed by atoms with E-state index in [1.807, 2.05) is 30.3 Å². The van der Waals surface area contributed by atoms with E-state index in [1.165, 1.54) is 0 Å². The van der Waals surface area contributed by atoms with E-state index in [-0.39, 0.29) is 17.7 Å². The highest BCUT2D eigenvalue weighted by molar-refractivity contribution is 5.80. The maximum Gasteiger partial charge on any atom is 0.222 e. The maximum atomic E-state index is 12.1. The van der Waals surface area contributed by atoms with Crippen molar-refractivity contribution in [2.45, 2.75) is 25.7 Å². The van der Waals surface area contributed by atoms with E-state index in [9.17, 15) is 9.59 Å². The minimum atomic E-state index is -0.306. The van der Waals surface area contributed by atoms with Gasteiger partial charge in [0.2, 0.25) is 11.8 Å². The van der Waals surface area contributed by atoms with Gasteiger partial charge in [0.05, 0.1) is 12.5 Å². The molecule has 1 heterocycles. The average molecular weight is 290 g/mol. The molecule has 0 saturated carbocycles. The summed E-state index contributed by atoms with van der Waals surface area (Å²) < 4.78 is 5.56. The van der Waals surface area contributed by atoms with Gasteiger partial charge in [-0.05, 0) is 31.4 Å². The Morgan fingerprint density at radius 2 is 2.05 bits per heavy atom. The molecule has 1 aromatic rings. The summed E-state index contributed by atoms with van der Waals surface area (Å²) in [7, 11) is 0. The first-order chi connectivity index (χ1) is 10.2. The van der Waals surface area contributed by atoms with Crippen molar-refractivity contribution in [1.82, 2.24) is 4.90 Å². The lowest BCUT2D eigenvalue weighted by atomic mass is 9.97. The van der Waals surface area contributed by atoms with E-state index in [0.29, 0.717) is 26.0 Å². The molecule has 114 valence electrons. The number of carbonyl (C=O) groups excluding carboxylic acids is 2. The lowest BCUT2D eigenvalue weighted by Gasteiger charge is -2.31. The van der Waals surface area contributed by atoms with Crippen LogP contribution in [0.1, 0.15) is 25.7 Å². The monoisotopic (exact) mass is 290 g/mol. The van der Waals surface area contributed by atoms with Gasteiger partial charge in [0, 0.05) is 19.5 Å². The molecular weight excluding hydrogens is 268 g/mol. The molecule has 1 aromatic carbocycles. The van der Waals surface area contributed by atoms with E-state index < -0.39 is 0 Å². The van der Waals surface area contributed by atoms with Gasteiger partial charge < -0.3 is 15.4 Å². The van der Waals surface area contributed by atoms with Gasteiger partial charge in [-0.1, -0.05) is 18.2 Å². The van der Waals surface area contributed by atoms with Crippen LogP contribution in [-0.4, -0.2) is 36.4 Å².